The van der Waals surface area contributed by atoms with E-state index < -0.39 is 0 Å². The van der Waals surface area contributed by atoms with Crippen LogP contribution in [-0.4, -0.2) is 48.3 Å². The summed E-state index contributed by atoms with van der Waals surface area (Å²) in [6.45, 7) is 7.87. The third-order valence-corrected chi connectivity index (χ3v) is 3.55. The minimum Gasteiger partial charge on any atom is -0.325 e. The molecule has 1 heterocycles. The molecule has 1 aliphatic rings. The summed E-state index contributed by atoms with van der Waals surface area (Å²) in [5.41, 5.74) is 1.28. The van der Waals surface area contributed by atoms with Crippen molar-refractivity contribution in [2.45, 2.75) is 32.9 Å². The summed E-state index contributed by atoms with van der Waals surface area (Å²) in [5, 5.41) is 6.30. The Morgan fingerprint density at radius 1 is 1.29 bits per heavy atom. The van der Waals surface area contributed by atoms with Gasteiger partial charge >= 0.3 is 0 Å². The number of carbonyl (C=O) groups excluding carboxylic acids is 2. The lowest BCUT2D eigenvalue weighted by molar-refractivity contribution is -0.117. The van der Waals surface area contributed by atoms with Crippen molar-refractivity contribution >= 4 is 17.4 Å². The van der Waals surface area contributed by atoms with Crippen molar-refractivity contribution in [3.05, 3.63) is 29.8 Å². The second-order valence-corrected chi connectivity index (χ2v) is 5.85. The van der Waals surface area contributed by atoms with Crippen LogP contribution in [0.5, 0.6) is 0 Å². The number of piperazine rings is 1. The average molecular weight is 289 g/mol. The zero-order valence-electron chi connectivity index (χ0n) is 12.8. The standard InChI is InChI=1S/C16H23N3O2/c1-11-8-19(9-12(2)17-11)10-16(21)18-15-6-4-5-14(7-15)13(3)20/h4-7,11-12,17H,8-10H2,1-3H3,(H,18,21). The number of ketones is 1. The van der Waals surface area contributed by atoms with E-state index in [4.69, 9.17) is 0 Å². The van der Waals surface area contributed by atoms with Gasteiger partial charge in [-0.1, -0.05) is 12.1 Å². The third-order valence-electron chi connectivity index (χ3n) is 3.55. The molecule has 1 aliphatic heterocycles. The van der Waals surface area contributed by atoms with Gasteiger partial charge in [0.25, 0.3) is 0 Å². The van der Waals surface area contributed by atoms with Crippen molar-refractivity contribution in [2.24, 2.45) is 0 Å². The molecule has 1 amide bonds. The molecular formula is C16H23N3O2. The summed E-state index contributed by atoms with van der Waals surface area (Å²) >= 11 is 0. The van der Waals surface area contributed by atoms with Crippen LogP contribution in [0.3, 0.4) is 0 Å². The molecule has 1 aromatic rings. The topological polar surface area (TPSA) is 61.4 Å². The fraction of sp³-hybridized carbons (Fsp3) is 0.500. The summed E-state index contributed by atoms with van der Waals surface area (Å²) in [6, 6.07) is 7.82. The predicted molar refractivity (Wildman–Crippen MR) is 83.6 cm³/mol. The van der Waals surface area contributed by atoms with E-state index in [1.807, 2.05) is 0 Å². The van der Waals surface area contributed by atoms with Crippen molar-refractivity contribution < 1.29 is 9.59 Å². The van der Waals surface area contributed by atoms with Gasteiger partial charge in [0.05, 0.1) is 6.54 Å². The molecule has 0 radical (unpaired) electrons. The summed E-state index contributed by atoms with van der Waals surface area (Å²) in [7, 11) is 0. The molecule has 1 saturated heterocycles. The van der Waals surface area contributed by atoms with Crippen LogP contribution >= 0.6 is 0 Å². The van der Waals surface area contributed by atoms with Crippen molar-refractivity contribution in [3.8, 4) is 0 Å². The highest BCUT2D eigenvalue weighted by Gasteiger charge is 2.22. The van der Waals surface area contributed by atoms with Gasteiger partial charge in [0.2, 0.25) is 5.91 Å². The second-order valence-electron chi connectivity index (χ2n) is 5.85. The third kappa shape index (κ3) is 4.65. The van der Waals surface area contributed by atoms with E-state index >= 15 is 0 Å². The quantitative estimate of drug-likeness (QED) is 0.825. The maximum atomic E-state index is 12.1. The van der Waals surface area contributed by atoms with Crippen LogP contribution in [0.1, 0.15) is 31.1 Å². The molecule has 2 unspecified atom stereocenters. The maximum Gasteiger partial charge on any atom is 0.238 e. The fourth-order valence-corrected chi connectivity index (χ4v) is 2.79. The monoisotopic (exact) mass is 289 g/mol. The lowest BCUT2D eigenvalue weighted by Crippen LogP contribution is -2.55. The summed E-state index contributed by atoms with van der Waals surface area (Å²) in [5.74, 6) is -0.0483. The Hall–Kier alpha value is -1.72. The number of carbonyl (C=O) groups is 2. The summed E-state index contributed by atoms with van der Waals surface area (Å²) in [6.07, 6.45) is 0. The highest BCUT2D eigenvalue weighted by molar-refractivity contribution is 5.97. The SMILES string of the molecule is CC(=O)c1cccc(NC(=O)CN2CC(C)NC(C)C2)c1. The van der Waals surface area contributed by atoms with E-state index in [1.54, 1.807) is 24.3 Å². The smallest absolute Gasteiger partial charge is 0.238 e. The Kier molecular flexibility index (Phi) is 5.09. The zero-order valence-corrected chi connectivity index (χ0v) is 12.8. The van der Waals surface area contributed by atoms with E-state index in [1.165, 1.54) is 6.92 Å². The van der Waals surface area contributed by atoms with Gasteiger partial charge in [-0.2, -0.15) is 0 Å². The van der Waals surface area contributed by atoms with Crippen molar-refractivity contribution in [1.82, 2.24) is 10.2 Å². The van der Waals surface area contributed by atoms with E-state index in [0.717, 1.165) is 13.1 Å². The first kappa shape index (κ1) is 15.7. The van der Waals surface area contributed by atoms with Crippen LogP contribution in [0.15, 0.2) is 24.3 Å². The van der Waals surface area contributed by atoms with Crippen molar-refractivity contribution in [3.63, 3.8) is 0 Å². The number of nitrogens with zero attached hydrogens (tertiary/aromatic N) is 1. The number of Topliss-reactive ketones (excluding diaryl/α,β-unsaturated/α-hetero) is 1. The minimum atomic E-state index is -0.0444. The van der Waals surface area contributed by atoms with Crippen LogP contribution < -0.4 is 10.6 Å². The molecule has 0 spiro atoms. The molecule has 2 atom stereocenters. The van der Waals surface area contributed by atoms with Gasteiger partial charge in [0.1, 0.15) is 0 Å². The van der Waals surface area contributed by atoms with Gasteiger partial charge in [0, 0.05) is 36.4 Å². The van der Waals surface area contributed by atoms with Crippen LogP contribution in [0.25, 0.3) is 0 Å². The summed E-state index contributed by atoms with van der Waals surface area (Å²) in [4.78, 5) is 25.6. The molecule has 0 aromatic heterocycles. The molecule has 0 aliphatic carbocycles. The van der Waals surface area contributed by atoms with Crippen LogP contribution in [0.2, 0.25) is 0 Å². The van der Waals surface area contributed by atoms with Gasteiger partial charge in [0.15, 0.2) is 5.78 Å². The first-order valence-electron chi connectivity index (χ1n) is 7.33. The molecule has 0 saturated carbocycles. The average Bonchev–Trinajstić information content (AvgIpc) is 2.37. The molecule has 5 heteroatoms. The molecular weight excluding hydrogens is 266 g/mol. The Morgan fingerprint density at radius 3 is 2.57 bits per heavy atom. The molecule has 0 bridgehead atoms. The zero-order chi connectivity index (χ0) is 15.4. The second kappa shape index (κ2) is 6.83. The number of rotatable bonds is 4. The minimum absolute atomic E-state index is 0.00384. The highest BCUT2D eigenvalue weighted by atomic mass is 16.2. The molecule has 21 heavy (non-hydrogen) atoms. The van der Waals surface area contributed by atoms with Crippen molar-refractivity contribution in [1.29, 1.82) is 0 Å². The number of amides is 1. The van der Waals surface area contributed by atoms with Gasteiger partial charge in [-0.05, 0) is 32.9 Å². The molecule has 2 rings (SSSR count). The number of hydrogen-bond acceptors (Lipinski definition) is 4. The molecule has 1 aromatic carbocycles. The van der Waals surface area contributed by atoms with Gasteiger partial charge in [-0.25, -0.2) is 0 Å². The Bertz CT molecular complexity index is 520. The number of nitrogens with one attached hydrogen (secondary N) is 2. The number of hydrogen-bond donors (Lipinski definition) is 2. The van der Waals surface area contributed by atoms with E-state index in [2.05, 4.69) is 29.4 Å². The van der Waals surface area contributed by atoms with Crippen LogP contribution in [0.4, 0.5) is 5.69 Å². The first-order chi connectivity index (χ1) is 9.94. The Labute approximate surface area is 125 Å². The van der Waals surface area contributed by atoms with Gasteiger partial charge in [-0.3, -0.25) is 14.5 Å². The molecule has 5 nitrogen and oxygen atoms in total. The molecule has 1 fully saturated rings. The van der Waals surface area contributed by atoms with Gasteiger partial charge < -0.3 is 10.6 Å². The Morgan fingerprint density at radius 2 is 1.95 bits per heavy atom. The van der Waals surface area contributed by atoms with E-state index in [-0.39, 0.29) is 11.7 Å². The number of benzene rings is 1. The van der Waals surface area contributed by atoms with Crippen LogP contribution in [0, 0.1) is 0 Å². The number of anilines is 1. The van der Waals surface area contributed by atoms with E-state index in [0.29, 0.717) is 29.9 Å². The first-order valence-corrected chi connectivity index (χ1v) is 7.33. The largest absolute Gasteiger partial charge is 0.325 e. The fourth-order valence-electron chi connectivity index (χ4n) is 2.79. The lowest BCUT2D eigenvalue weighted by Gasteiger charge is -2.35. The Balaban J connectivity index is 1.92. The molecule has 2 N–H and O–H groups in total. The molecule has 114 valence electrons. The van der Waals surface area contributed by atoms with E-state index in [9.17, 15) is 9.59 Å². The highest BCUT2D eigenvalue weighted by Crippen LogP contribution is 2.11. The van der Waals surface area contributed by atoms with Crippen molar-refractivity contribution in [2.75, 3.05) is 25.0 Å². The lowest BCUT2D eigenvalue weighted by atomic mass is 10.1. The normalized spacial score (nSPS) is 22.8. The van der Waals surface area contributed by atoms with Crippen LogP contribution in [-0.2, 0) is 4.79 Å². The summed E-state index contributed by atoms with van der Waals surface area (Å²) < 4.78 is 0. The predicted octanol–water partition coefficient (Wildman–Crippen LogP) is 1.51. The maximum absolute atomic E-state index is 12.1. The van der Waals surface area contributed by atoms with Gasteiger partial charge in [-0.15, -0.1) is 0 Å².